The normalized spacial score (nSPS) is 10.4. The Kier molecular flexibility index (Phi) is 64.2. The van der Waals surface area contributed by atoms with Crippen molar-refractivity contribution in [1.82, 2.24) is 0 Å². The summed E-state index contributed by atoms with van der Waals surface area (Å²) in [4.78, 5) is 3.74. The summed E-state index contributed by atoms with van der Waals surface area (Å²) in [5.74, 6) is 0. The fourth-order valence-corrected chi connectivity index (χ4v) is 5.35. The van der Waals surface area contributed by atoms with E-state index in [0.29, 0.717) is 0 Å². The Balaban J connectivity index is -0.000000168. The second-order valence-electron chi connectivity index (χ2n) is 12.7. The van der Waals surface area contributed by atoms with Gasteiger partial charge in [0, 0.05) is 0 Å². The van der Waals surface area contributed by atoms with Crippen LogP contribution >= 0.6 is 0 Å². The van der Waals surface area contributed by atoms with E-state index in [2.05, 4.69) is 55.4 Å². The summed E-state index contributed by atoms with van der Waals surface area (Å²) in [6.07, 6.45) is 33.8. The molecule has 0 aliphatic rings. The first-order valence-electron chi connectivity index (χ1n) is 19.3. The van der Waals surface area contributed by atoms with Gasteiger partial charge in [0.15, 0.2) is 0 Å². The van der Waals surface area contributed by atoms with E-state index < -0.39 is 0 Å². The summed E-state index contributed by atoms with van der Waals surface area (Å²) in [6.45, 7) is 26.8. The van der Waals surface area contributed by atoms with Crippen LogP contribution in [0.5, 0.6) is 0 Å². The van der Waals surface area contributed by atoms with Gasteiger partial charge in [0.05, 0.1) is 39.3 Å². The van der Waals surface area contributed by atoms with E-state index in [9.17, 15) is 0 Å². The van der Waals surface area contributed by atoms with Gasteiger partial charge in [0.1, 0.15) is 0 Å². The molecule has 262 valence electrons. The second-order valence-corrected chi connectivity index (χ2v) is 12.7. The number of rotatable bonds is 29. The summed E-state index contributed by atoms with van der Waals surface area (Å²) in [7, 11) is 0. The molecule has 4 heteroatoms. The van der Waals surface area contributed by atoms with Gasteiger partial charge in [-0.1, -0.05) is 132 Å². The lowest BCUT2D eigenvalue weighted by Gasteiger charge is -2.19. The largest absolute Gasteiger partial charge is 1.00 e. The number of nitrogens with one attached hydrogen (secondary N) is 2. The predicted molar refractivity (Wildman–Crippen MR) is 187 cm³/mol. The molecule has 0 rings (SSSR count). The van der Waals surface area contributed by atoms with Crippen molar-refractivity contribution in [2.45, 2.75) is 209 Å². The van der Waals surface area contributed by atoms with Gasteiger partial charge >= 0.3 is 0 Å². The van der Waals surface area contributed by atoms with Crippen LogP contribution in [-0.2, 0) is 0 Å². The monoisotopic (exact) mass is 729 g/mol. The van der Waals surface area contributed by atoms with Crippen LogP contribution < -0.4 is 43.8 Å². The van der Waals surface area contributed by atoms with Crippen molar-refractivity contribution in [3.8, 4) is 0 Å². The van der Waals surface area contributed by atoms with Crippen LogP contribution in [0.15, 0.2) is 0 Å². The average Bonchev–Trinajstić information content (AvgIpc) is 2.96. The van der Waals surface area contributed by atoms with Crippen LogP contribution in [0.2, 0.25) is 0 Å². The zero-order valence-electron chi connectivity index (χ0n) is 31.0. The third-order valence-electron chi connectivity index (χ3n) is 8.26. The molecule has 0 amide bonds. The first-order chi connectivity index (χ1) is 19.6. The van der Waals surface area contributed by atoms with E-state index in [1.54, 1.807) is 0 Å². The van der Waals surface area contributed by atoms with E-state index in [1.807, 2.05) is 9.80 Å². The van der Waals surface area contributed by atoms with Gasteiger partial charge < -0.3 is 43.8 Å². The molecule has 0 saturated heterocycles. The minimum atomic E-state index is 0. The third-order valence-corrected chi connectivity index (χ3v) is 8.26. The van der Waals surface area contributed by atoms with Gasteiger partial charge in [-0.2, -0.15) is 0 Å². The lowest BCUT2D eigenvalue weighted by molar-refractivity contribution is -0.901. The zero-order valence-corrected chi connectivity index (χ0v) is 34.1. The Bertz CT molecular complexity index is 312. The summed E-state index contributed by atoms with van der Waals surface area (Å²) in [6, 6.07) is 0. The van der Waals surface area contributed by atoms with Crippen LogP contribution in [0, 0.1) is 0 Å². The number of quaternary nitrogens is 2. The highest BCUT2D eigenvalue weighted by Crippen LogP contribution is 2.03. The molecule has 0 aromatic carbocycles. The van der Waals surface area contributed by atoms with Gasteiger partial charge in [0.2, 0.25) is 0 Å². The van der Waals surface area contributed by atoms with E-state index in [0.717, 1.165) is 0 Å². The molecule has 0 bridgehead atoms. The van der Waals surface area contributed by atoms with E-state index in [-0.39, 0.29) is 34.0 Å². The Morgan fingerprint density at radius 1 is 0.214 bits per heavy atom. The molecule has 0 unspecified atom stereocenters. The lowest BCUT2D eigenvalue weighted by Crippen LogP contribution is -3.12. The molecular weight excluding hydrogens is 644 g/mol. The SMILES string of the molecule is CCCCCCCC.CCCCC[NH+](CCCCC)CCCCC.CCCCC[NH+](CCCCC)CCCCC.[Br-].[Br-]. The predicted octanol–water partition coefficient (Wildman–Crippen LogP) is 4.26. The second kappa shape index (κ2) is 51.5. The van der Waals surface area contributed by atoms with Gasteiger partial charge in [-0.15, -0.1) is 0 Å². The molecule has 0 aromatic rings. The molecule has 0 aromatic heterocycles. The molecule has 2 nitrogen and oxygen atoms in total. The van der Waals surface area contributed by atoms with Crippen LogP contribution in [0.1, 0.15) is 209 Å². The quantitative estimate of drug-likeness (QED) is 0.107. The molecule has 0 atom stereocenters. The molecule has 0 spiro atoms. The van der Waals surface area contributed by atoms with E-state index >= 15 is 0 Å². The number of unbranched alkanes of at least 4 members (excludes halogenated alkanes) is 17. The summed E-state index contributed by atoms with van der Waals surface area (Å²) >= 11 is 0. The average molecular weight is 731 g/mol. The van der Waals surface area contributed by atoms with Crippen molar-refractivity contribution >= 4 is 0 Å². The Morgan fingerprint density at radius 2 is 0.357 bits per heavy atom. The number of hydrogen-bond donors (Lipinski definition) is 2. The molecule has 42 heavy (non-hydrogen) atoms. The maximum atomic E-state index is 2.30. The fraction of sp³-hybridized carbons (Fsp3) is 1.00. The minimum absolute atomic E-state index is 0. The molecule has 2 N–H and O–H groups in total. The van der Waals surface area contributed by atoms with Crippen molar-refractivity contribution in [2.75, 3.05) is 39.3 Å². The molecule has 0 heterocycles. The standard InChI is InChI=1S/2C15H33N.C8H18.2BrH/c2*1-4-7-10-13-16(14-11-8-5-2)15-12-9-6-3;1-3-5-7-8-6-4-2;;/h2*4-15H2,1-3H3;3-8H2,1-2H3;2*1H. The number of hydrogen-bond acceptors (Lipinski definition) is 0. The lowest BCUT2D eigenvalue weighted by atomic mass is 10.1. The summed E-state index contributed by atoms with van der Waals surface area (Å²) < 4.78 is 0. The molecular formula is C38H86Br2N2. The number of halogens is 2. The smallest absolute Gasteiger partial charge is 0.0770 e. The van der Waals surface area contributed by atoms with Crippen molar-refractivity contribution < 1.29 is 43.8 Å². The van der Waals surface area contributed by atoms with Crippen LogP contribution in [-0.4, -0.2) is 39.3 Å². The zero-order chi connectivity index (χ0) is 30.4. The highest BCUT2D eigenvalue weighted by molar-refractivity contribution is 4.43. The van der Waals surface area contributed by atoms with Crippen molar-refractivity contribution in [3.05, 3.63) is 0 Å². The Morgan fingerprint density at radius 3 is 0.500 bits per heavy atom. The Labute approximate surface area is 291 Å². The van der Waals surface area contributed by atoms with Crippen molar-refractivity contribution in [1.29, 1.82) is 0 Å². The Hall–Kier alpha value is 0.880. The maximum Gasteiger partial charge on any atom is 0.0770 e. The van der Waals surface area contributed by atoms with E-state index in [4.69, 9.17) is 0 Å². The summed E-state index contributed by atoms with van der Waals surface area (Å²) in [5.41, 5.74) is 0. The molecule has 0 saturated carbocycles. The van der Waals surface area contributed by atoms with Crippen LogP contribution in [0.3, 0.4) is 0 Å². The molecule has 0 aliphatic heterocycles. The highest BCUT2D eigenvalue weighted by atomic mass is 79.9. The van der Waals surface area contributed by atoms with Crippen LogP contribution in [0.25, 0.3) is 0 Å². The van der Waals surface area contributed by atoms with Gasteiger partial charge in [-0.25, -0.2) is 0 Å². The summed E-state index contributed by atoms with van der Waals surface area (Å²) in [5, 5.41) is 0. The van der Waals surface area contributed by atoms with E-state index in [1.165, 1.54) is 193 Å². The van der Waals surface area contributed by atoms with Gasteiger partial charge in [0.25, 0.3) is 0 Å². The van der Waals surface area contributed by atoms with Gasteiger partial charge in [-0.3, -0.25) is 0 Å². The first kappa shape index (κ1) is 52.4. The molecule has 0 radical (unpaired) electrons. The molecule has 0 aliphatic carbocycles. The molecule has 0 fully saturated rings. The third kappa shape index (κ3) is 50.5. The minimum Gasteiger partial charge on any atom is -1.00 e. The van der Waals surface area contributed by atoms with Crippen LogP contribution in [0.4, 0.5) is 0 Å². The van der Waals surface area contributed by atoms with Crippen molar-refractivity contribution in [2.24, 2.45) is 0 Å². The van der Waals surface area contributed by atoms with Gasteiger partial charge in [-0.05, 0) is 77.0 Å². The highest BCUT2D eigenvalue weighted by Gasteiger charge is 2.08. The maximum absolute atomic E-state index is 2.30. The van der Waals surface area contributed by atoms with Crippen molar-refractivity contribution in [3.63, 3.8) is 0 Å². The first-order valence-corrected chi connectivity index (χ1v) is 19.3. The fourth-order valence-electron chi connectivity index (χ4n) is 5.35. The topological polar surface area (TPSA) is 8.88 Å².